The zero-order valence-corrected chi connectivity index (χ0v) is 13.0. The second kappa shape index (κ2) is 6.89. The molecule has 0 spiro atoms. The van der Waals surface area contributed by atoms with Gasteiger partial charge in [-0.05, 0) is 30.3 Å². The van der Waals surface area contributed by atoms with Gasteiger partial charge in [-0.25, -0.2) is 9.18 Å². The molecule has 7 heteroatoms. The average molecular weight is 374 g/mol. The standard InChI is InChI=1S/C14H11BrClFN2O2/c15-8-4-9(16)6-10(5-8)18-14(21)19-13-3-1-2-12(17)11(13)7-20/h1-6,20H,7H2,(H2,18,19,21). The second-order valence-corrected chi connectivity index (χ2v) is 5.51. The fraction of sp³-hybridized carbons (Fsp3) is 0.0714. The number of urea groups is 1. The molecule has 2 amide bonds. The van der Waals surface area contributed by atoms with E-state index in [2.05, 4.69) is 26.6 Å². The summed E-state index contributed by atoms with van der Waals surface area (Å²) < 4.78 is 14.2. The van der Waals surface area contributed by atoms with Crippen LogP contribution in [0.3, 0.4) is 0 Å². The summed E-state index contributed by atoms with van der Waals surface area (Å²) in [5.41, 5.74) is 0.713. The maximum Gasteiger partial charge on any atom is 0.323 e. The van der Waals surface area contributed by atoms with Crippen molar-refractivity contribution < 1.29 is 14.3 Å². The van der Waals surface area contributed by atoms with E-state index < -0.39 is 18.5 Å². The highest BCUT2D eigenvalue weighted by molar-refractivity contribution is 9.10. The number of hydrogen-bond donors (Lipinski definition) is 3. The molecule has 0 heterocycles. The molecule has 2 rings (SSSR count). The summed E-state index contributed by atoms with van der Waals surface area (Å²) in [4.78, 5) is 11.9. The van der Waals surface area contributed by atoms with Crippen molar-refractivity contribution in [2.75, 3.05) is 10.6 Å². The molecule has 0 aliphatic carbocycles. The first kappa shape index (κ1) is 15.8. The third kappa shape index (κ3) is 4.17. The minimum absolute atomic E-state index is 0.0277. The fourth-order valence-electron chi connectivity index (χ4n) is 1.75. The summed E-state index contributed by atoms with van der Waals surface area (Å²) >= 11 is 9.14. The Morgan fingerprint density at radius 3 is 2.71 bits per heavy atom. The molecule has 0 bridgehead atoms. The van der Waals surface area contributed by atoms with Crippen molar-refractivity contribution in [2.45, 2.75) is 6.61 Å². The Bertz CT molecular complexity index is 662. The van der Waals surface area contributed by atoms with Gasteiger partial charge in [-0.1, -0.05) is 33.6 Å². The van der Waals surface area contributed by atoms with Gasteiger partial charge in [0.05, 0.1) is 12.3 Å². The average Bonchev–Trinajstić information content (AvgIpc) is 2.37. The quantitative estimate of drug-likeness (QED) is 0.748. The lowest BCUT2D eigenvalue weighted by atomic mass is 10.2. The smallest absolute Gasteiger partial charge is 0.323 e. The number of anilines is 2. The van der Waals surface area contributed by atoms with Crippen molar-refractivity contribution >= 4 is 44.9 Å². The van der Waals surface area contributed by atoms with E-state index in [4.69, 9.17) is 16.7 Å². The van der Waals surface area contributed by atoms with Gasteiger partial charge in [-0.3, -0.25) is 0 Å². The molecule has 2 aromatic carbocycles. The first-order chi connectivity index (χ1) is 9.99. The second-order valence-electron chi connectivity index (χ2n) is 4.16. The molecule has 0 aliphatic heterocycles. The Hall–Kier alpha value is -1.63. The third-order valence-electron chi connectivity index (χ3n) is 2.65. The van der Waals surface area contributed by atoms with Gasteiger partial charge in [0, 0.05) is 20.7 Å². The molecule has 2 aromatic rings. The van der Waals surface area contributed by atoms with Crippen molar-refractivity contribution in [1.82, 2.24) is 0 Å². The van der Waals surface area contributed by atoms with Gasteiger partial charge in [-0.2, -0.15) is 0 Å². The first-order valence-electron chi connectivity index (χ1n) is 5.92. The number of rotatable bonds is 3. The molecule has 0 aromatic heterocycles. The SMILES string of the molecule is O=C(Nc1cc(Cl)cc(Br)c1)Nc1cccc(F)c1CO. The van der Waals surface area contributed by atoms with E-state index in [1.54, 1.807) is 18.2 Å². The van der Waals surface area contributed by atoms with Crippen LogP contribution in [0.25, 0.3) is 0 Å². The molecular formula is C14H11BrClFN2O2. The molecule has 3 N–H and O–H groups in total. The highest BCUT2D eigenvalue weighted by atomic mass is 79.9. The molecule has 0 saturated heterocycles. The van der Waals surface area contributed by atoms with Crippen molar-refractivity contribution in [2.24, 2.45) is 0 Å². The van der Waals surface area contributed by atoms with E-state index in [-0.39, 0.29) is 11.3 Å². The first-order valence-corrected chi connectivity index (χ1v) is 7.09. The van der Waals surface area contributed by atoms with E-state index in [1.165, 1.54) is 18.2 Å². The highest BCUT2D eigenvalue weighted by Crippen LogP contribution is 2.23. The van der Waals surface area contributed by atoms with E-state index in [1.807, 2.05) is 0 Å². The molecule has 0 aliphatic rings. The minimum Gasteiger partial charge on any atom is -0.391 e. The number of carbonyl (C=O) groups is 1. The number of halogens is 3. The normalized spacial score (nSPS) is 10.3. The number of benzene rings is 2. The molecule has 0 atom stereocenters. The molecule has 0 fully saturated rings. The molecule has 21 heavy (non-hydrogen) atoms. The predicted octanol–water partition coefficient (Wildman–Crippen LogP) is 4.38. The zero-order valence-electron chi connectivity index (χ0n) is 10.7. The Labute approximate surface area is 134 Å². The summed E-state index contributed by atoms with van der Waals surface area (Å²) in [6.45, 7) is -0.509. The summed E-state index contributed by atoms with van der Waals surface area (Å²) in [6, 6.07) is 8.52. The van der Waals surface area contributed by atoms with Crippen molar-refractivity contribution in [1.29, 1.82) is 0 Å². The van der Waals surface area contributed by atoms with Gasteiger partial charge in [-0.15, -0.1) is 0 Å². The fourth-order valence-corrected chi connectivity index (χ4v) is 2.61. The summed E-state index contributed by atoms with van der Waals surface area (Å²) in [7, 11) is 0. The molecule has 0 radical (unpaired) electrons. The Morgan fingerprint density at radius 1 is 1.29 bits per heavy atom. The maximum absolute atomic E-state index is 13.5. The summed E-state index contributed by atoms with van der Waals surface area (Å²) in [6.07, 6.45) is 0. The number of nitrogens with one attached hydrogen (secondary N) is 2. The van der Waals surface area contributed by atoms with Crippen LogP contribution in [0.15, 0.2) is 40.9 Å². The number of amides is 2. The lowest BCUT2D eigenvalue weighted by Gasteiger charge is -2.11. The topological polar surface area (TPSA) is 61.4 Å². The van der Waals surface area contributed by atoms with E-state index in [0.717, 1.165) is 0 Å². The van der Waals surface area contributed by atoms with Crippen molar-refractivity contribution in [3.05, 3.63) is 57.3 Å². The number of carbonyl (C=O) groups excluding carboxylic acids is 1. The van der Waals surface area contributed by atoms with Crippen LogP contribution in [-0.4, -0.2) is 11.1 Å². The van der Waals surface area contributed by atoms with E-state index in [0.29, 0.717) is 15.2 Å². The zero-order chi connectivity index (χ0) is 15.4. The number of aliphatic hydroxyl groups excluding tert-OH is 1. The van der Waals surface area contributed by atoms with Crippen molar-refractivity contribution in [3.8, 4) is 0 Å². The predicted molar refractivity (Wildman–Crippen MR) is 84.1 cm³/mol. The van der Waals surface area contributed by atoms with Gasteiger partial charge < -0.3 is 15.7 Å². The van der Waals surface area contributed by atoms with Crippen LogP contribution in [0.1, 0.15) is 5.56 Å². The van der Waals surface area contributed by atoms with Gasteiger partial charge in [0.2, 0.25) is 0 Å². The van der Waals surface area contributed by atoms with Crippen LogP contribution < -0.4 is 10.6 Å². The van der Waals surface area contributed by atoms with Gasteiger partial charge in [0.1, 0.15) is 5.82 Å². The molecule has 0 saturated carbocycles. The van der Waals surface area contributed by atoms with Gasteiger partial charge >= 0.3 is 6.03 Å². The van der Waals surface area contributed by atoms with Gasteiger partial charge in [0.25, 0.3) is 0 Å². The lowest BCUT2D eigenvalue weighted by molar-refractivity contribution is 0.261. The van der Waals surface area contributed by atoms with Crippen LogP contribution in [0, 0.1) is 5.82 Å². The Kier molecular flexibility index (Phi) is 5.17. The van der Waals surface area contributed by atoms with E-state index >= 15 is 0 Å². The Morgan fingerprint density at radius 2 is 2.05 bits per heavy atom. The van der Waals surface area contributed by atoms with Gasteiger partial charge in [0.15, 0.2) is 0 Å². The van der Waals surface area contributed by atoms with Crippen LogP contribution >= 0.6 is 27.5 Å². The molecule has 110 valence electrons. The van der Waals surface area contributed by atoms with Crippen LogP contribution in [-0.2, 0) is 6.61 Å². The highest BCUT2D eigenvalue weighted by Gasteiger charge is 2.10. The lowest BCUT2D eigenvalue weighted by Crippen LogP contribution is -2.20. The number of hydrogen-bond acceptors (Lipinski definition) is 2. The van der Waals surface area contributed by atoms with Crippen LogP contribution in [0.4, 0.5) is 20.6 Å². The maximum atomic E-state index is 13.5. The summed E-state index contributed by atoms with van der Waals surface area (Å²) in [5.74, 6) is -0.583. The summed E-state index contributed by atoms with van der Waals surface area (Å²) in [5, 5.41) is 14.7. The van der Waals surface area contributed by atoms with Crippen LogP contribution in [0.2, 0.25) is 5.02 Å². The Balaban J connectivity index is 2.13. The third-order valence-corrected chi connectivity index (χ3v) is 3.32. The largest absolute Gasteiger partial charge is 0.391 e. The molecular weight excluding hydrogens is 363 g/mol. The van der Waals surface area contributed by atoms with Crippen molar-refractivity contribution in [3.63, 3.8) is 0 Å². The van der Waals surface area contributed by atoms with E-state index in [9.17, 15) is 9.18 Å². The minimum atomic E-state index is -0.583. The molecule has 0 unspecified atom stereocenters. The monoisotopic (exact) mass is 372 g/mol. The number of aliphatic hydroxyl groups is 1. The molecule has 4 nitrogen and oxygen atoms in total. The van der Waals surface area contributed by atoms with Crippen LogP contribution in [0.5, 0.6) is 0 Å².